The number of carbonyl (C=O) groups is 1. The molecule has 1 aromatic heterocycles. The van der Waals surface area contributed by atoms with Crippen LogP contribution >= 0.6 is 0 Å². The number of aromatic carboxylic acids is 1. The van der Waals surface area contributed by atoms with Crippen LogP contribution in [0.3, 0.4) is 0 Å². The summed E-state index contributed by atoms with van der Waals surface area (Å²) in [6.45, 7) is 1.59. The number of piperidine rings is 1. The third-order valence-electron chi connectivity index (χ3n) is 6.36. The highest BCUT2D eigenvalue weighted by atomic mass is 19.2. The van der Waals surface area contributed by atoms with Crippen LogP contribution in [-0.2, 0) is 0 Å². The van der Waals surface area contributed by atoms with Gasteiger partial charge in [0.15, 0.2) is 17.5 Å². The number of halogens is 3. The van der Waals surface area contributed by atoms with Crippen molar-refractivity contribution < 1.29 is 23.1 Å². The molecule has 0 radical (unpaired) electrons. The van der Waals surface area contributed by atoms with Gasteiger partial charge in [0.25, 0.3) is 0 Å². The average Bonchev–Trinajstić information content (AvgIpc) is 3.44. The molecule has 29 heavy (non-hydrogen) atoms. The average molecular weight is 407 g/mol. The summed E-state index contributed by atoms with van der Waals surface area (Å²) >= 11 is 0. The molecule has 2 unspecified atom stereocenters. The predicted molar refractivity (Wildman–Crippen MR) is 100 cm³/mol. The van der Waals surface area contributed by atoms with Gasteiger partial charge in [-0.3, -0.25) is 4.79 Å². The maximum absolute atomic E-state index is 15.6. The molecule has 2 N–H and O–H groups in total. The Bertz CT molecular complexity index is 1080. The summed E-state index contributed by atoms with van der Waals surface area (Å²) < 4.78 is 47.0. The van der Waals surface area contributed by atoms with Crippen molar-refractivity contribution in [2.24, 2.45) is 5.92 Å². The fourth-order valence-corrected chi connectivity index (χ4v) is 4.78. The first kappa shape index (κ1) is 18.5. The van der Waals surface area contributed by atoms with E-state index in [-0.39, 0.29) is 23.5 Å². The molecule has 1 aromatic carbocycles. The number of fused-ring (bicyclic) bond motifs is 2. The van der Waals surface area contributed by atoms with E-state index < -0.39 is 45.5 Å². The van der Waals surface area contributed by atoms with Gasteiger partial charge in [-0.15, -0.1) is 0 Å². The Labute approximate surface area is 163 Å². The summed E-state index contributed by atoms with van der Waals surface area (Å²) in [6, 6.07) is -0.146. The maximum Gasteiger partial charge on any atom is 0.341 e. The van der Waals surface area contributed by atoms with Crippen molar-refractivity contribution in [3.63, 3.8) is 0 Å². The molecule has 0 spiro atoms. The van der Waals surface area contributed by atoms with Gasteiger partial charge in [-0.05, 0) is 38.1 Å². The second kappa shape index (κ2) is 6.48. The number of pyridine rings is 1. The number of nitrogens with one attached hydrogen (secondary N) is 1. The largest absolute Gasteiger partial charge is 0.477 e. The van der Waals surface area contributed by atoms with Crippen LogP contribution in [-0.4, -0.2) is 41.3 Å². The van der Waals surface area contributed by atoms with Crippen LogP contribution in [0.25, 0.3) is 10.9 Å². The van der Waals surface area contributed by atoms with E-state index in [9.17, 15) is 14.7 Å². The Hall–Kier alpha value is -2.55. The monoisotopic (exact) mass is 407 g/mol. The summed E-state index contributed by atoms with van der Waals surface area (Å²) in [5.74, 6) is -5.25. The third-order valence-corrected chi connectivity index (χ3v) is 6.36. The fourth-order valence-electron chi connectivity index (χ4n) is 4.78. The molecule has 9 heteroatoms. The van der Waals surface area contributed by atoms with Crippen molar-refractivity contribution in [3.05, 3.63) is 39.4 Å². The second-order valence-corrected chi connectivity index (χ2v) is 8.20. The van der Waals surface area contributed by atoms with Gasteiger partial charge in [0.1, 0.15) is 11.3 Å². The minimum Gasteiger partial charge on any atom is -0.477 e. The summed E-state index contributed by atoms with van der Waals surface area (Å²) in [7, 11) is 0. The van der Waals surface area contributed by atoms with Crippen molar-refractivity contribution in [2.75, 3.05) is 24.5 Å². The lowest BCUT2D eigenvalue weighted by molar-refractivity contribution is 0.0694. The zero-order chi connectivity index (χ0) is 20.4. The third kappa shape index (κ3) is 2.74. The molecule has 2 aromatic rings. The Morgan fingerprint density at radius 1 is 1.10 bits per heavy atom. The molecule has 154 valence electrons. The maximum atomic E-state index is 15.6. The first-order chi connectivity index (χ1) is 13.9. The molecule has 1 saturated carbocycles. The number of anilines is 1. The molecule has 3 heterocycles. The molecule has 1 aliphatic carbocycles. The summed E-state index contributed by atoms with van der Waals surface area (Å²) in [5, 5.41) is 11.8. The SMILES string of the molecule is O=C(O)c1cn(C2CC2)c2c(F)c(N3CC4CCCNC4C3)c(F)c(F)c2c1=O. The van der Waals surface area contributed by atoms with E-state index in [4.69, 9.17) is 0 Å². The van der Waals surface area contributed by atoms with Crippen molar-refractivity contribution >= 4 is 22.6 Å². The second-order valence-electron chi connectivity index (χ2n) is 8.20. The lowest BCUT2D eigenvalue weighted by Gasteiger charge is -2.24. The zero-order valence-corrected chi connectivity index (χ0v) is 15.6. The van der Waals surface area contributed by atoms with Crippen LogP contribution in [0.15, 0.2) is 11.0 Å². The molecule has 3 fully saturated rings. The molecule has 2 aliphatic heterocycles. The zero-order valence-electron chi connectivity index (χ0n) is 15.6. The van der Waals surface area contributed by atoms with Gasteiger partial charge >= 0.3 is 5.97 Å². The molecule has 6 nitrogen and oxygen atoms in total. The van der Waals surface area contributed by atoms with E-state index in [0.717, 1.165) is 25.6 Å². The van der Waals surface area contributed by atoms with Crippen molar-refractivity contribution in [3.8, 4) is 0 Å². The van der Waals surface area contributed by atoms with Crippen LogP contribution < -0.4 is 15.6 Å². The smallest absolute Gasteiger partial charge is 0.341 e. The Morgan fingerprint density at radius 2 is 1.86 bits per heavy atom. The predicted octanol–water partition coefficient (Wildman–Crippen LogP) is 2.64. The molecule has 3 aliphatic rings. The molecule has 5 rings (SSSR count). The lowest BCUT2D eigenvalue weighted by Crippen LogP contribution is -2.40. The molecular formula is C20H20F3N3O3. The van der Waals surface area contributed by atoms with Crippen LogP contribution in [0.5, 0.6) is 0 Å². The standard InChI is InChI=1S/C20H20F3N3O3/c21-14-13-17(26(10-3-4-10)7-11(19(13)27)20(28)29)16(23)18(15(14)22)25-6-9-2-1-5-24-12(9)8-25/h7,9-10,12,24H,1-6,8H2,(H,28,29). The van der Waals surface area contributed by atoms with E-state index in [1.165, 1.54) is 9.47 Å². The molecule has 2 atom stereocenters. The van der Waals surface area contributed by atoms with E-state index in [0.29, 0.717) is 25.9 Å². The summed E-state index contributed by atoms with van der Waals surface area (Å²) in [5.41, 5.74) is -2.71. The van der Waals surface area contributed by atoms with Gasteiger partial charge in [0, 0.05) is 31.4 Å². The van der Waals surface area contributed by atoms with Crippen LogP contribution in [0.4, 0.5) is 18.9 Å². The first-order valence-corrected chi connectivity index (χ1v) is 9.85. The van der Waals surface area contributed by atoms with Crippen LogP contribution in [0.1, 0.15) is 42.1 Å². The Kier molecular flexibility index (Phi) is 4.13. The highest BCUT2D eigenvalue weighted by Gasteiger charge is 2.39. The van der Waals surface area contributed by atoms with Gasteiger partial charge < -0.3 is 19.9 Å². The highest BCUT2D eigenvalue weighted by molar-refractivity contribution is 5.94. The molecule has 0 bridgehead atoms. The van der Waals surface area contributed by atoms with Crippen molar-refractivity contribution in [2.45, 2.75) is 37.8 Å². The van der Waals surface area contributed by atoms with Gasteiger partial charge in [0.05, 0.1) is 10.9 Å². The van der Waals surface area contributed by atoms with Gasteiger partial charge in [-0.25, -0.2) is 18.0 Å². The topological polar surface area (TPSA) is 74.6 Å². The minimum atomic E-state index is -1.55. The summed E-state index contributed by atoms with van der Waals surface area (Å²) in [6.07, 6.45) is 4.28. The number of aromatic nitrogens is 1. The Balaban J connectivity index is 1.75. The van der Waals surface area contributed by atoms with Gasteiger partial charge in [-0.1, -0.05) is 0 Å². The first-order valence-electron chi connectivity index (χ1n) is 9.85. The number of rotatable bonds is 3. The number of hydrogen-bond donors (Lipinski definition) is 2. The van der Waals surface area contributed by atoms with E-state index in [1.807, 2.05) is 0 Å². The number of hydrogen-bond acceptors (Lipinski definition) is 4. The quantitative estimate of drug-likeness (QED) is 0.766. The number of benzene rings is 1. The highest BCUT2D eigenvalue weighted by Crippen LogP contribution is 2.41. The van der Waals surface area contributed by atoms with E-state index in [2.05, 4.69) is 5.32 Å². The van der Waals surface area contributed by atoms with Crippen molar-refractivity contribution in [1.29, 1.82) is 0 Å². The molecular weight excluding hydrogens is 387 g/mol. The lowest BCUT2D eigenvalue weighted by atomic mass is 9.94. The van der Waals surface area contributed by atoms with E-state index in [1.54, 1.807) is 0 Å². The normalized spacial score (nSPS) is 24.2. The number of carboxylic acids is 1. The summed E-state index contributed by atoms with van der Waals surface area (Å²) in [4.78, 5) is 25.5. The van der Waals surface area contributed by atoms with Crippen LogP contribution in [0, 0.1) is 23.4 Å². The van der Waals surface area contributed by atoms with Gasteiger partial charge in [-0.2, -0.15) is 0 Å². The molecule has 0 amide bonds. The van der Waals surface area contributed by atoms with Gasteiger partial charge in [0.2, 0.25) is 5.43 Å². The molecule has 2 saturated heterocycles. The Morgan fingerprint density at radius 3 is 2.52 bits per heavy atom. The van der Waals surface area contributed by atoms with E-state index >= 15 is 13.2 Å². The fraction of sp³-hybridized carbons (Fsp3) is 0.500. The van der Waals surface area contributed by atoms with Crippen molar-refractivity contribution in [1.82, 2.24) is 9.88 Å². The number of nitrogens with zero attached hydrogens (tertiary/aromatic N) is 2. The minimum absolute atomic E-state index is 0.0846. The van der Waals surface area contributed by atoms with Crippen LogP contribution in [0.2, 0.25) is 0 Å². The number of carboxylic acid groups (broad SMARTS) is 1.